The highest BCUT2D eigenvalue weighted by molar-refractivity contribution is 5.97. The largest absolute Gasteiger partial charge is 0.494 e. The van der Waals surface area contributed by atoms with E-state index in [0.717, 1.165) is 30.0 Å². The standard InChI is InChI=1S/C24H30N2O3/c1-19-10-11-21(17-20(19)2)23(27)18-25-12-14-26(15-13-25)24(28)9-6-16-29-22-7-4-3-5-8-22/h3-5,7-8,10-11,17H,6,9,12-16,18H2,1-2H3. The Balaban J connectivity index is 1.36. The van der Waals surface area contributed by atoms with Gasteiger partial charge in [-0.3, -0.25) is 14.5 Å². The zero-order valence-corrected chi connectivity index (χ0v) is 17.4. The molecule has 0 atom stereocenters. The van der Waals surface area contributed by atoms with Crippen LogP contribution in [-0.2, 0) is 4.79 Å². The van der Waals surface area contributed by atoms with Crippen LogP contribution in [0.15, 0.2) is 48.5 Å². The Kier molecular flexibility index (Phi) is 7.42. The molecule has 29 heavy (non-hydrogen) atoms. The van der Waals surface area contributed by atoms with Crippen LogP contribution in [-0.4, -0.2) is 60.8 Å². The topological polar surface area (TPSA) is 49.9 Å². The number of carbonyl (C=O) groups excluding carboxylic acids is 2. The van der Waals surface area contributed by atoms with Crippen molar-refractivity contribution >= 4 is 11.7 Å². The Bertz CT molecular complexity index is 827. The van der Waals surface area contributed by atoms with Crippen molar-refractivity contribution in [1.82, 2.24) is 9.80 Å². The number of aryl methyl sites for hydroxylation is 2. The highest BCUT2D eigenvalue weighted by Gasteiger charge is 2.22. The molecule has 0 N–H and O–H groups in total. The Hall–Kier alpha value is -2.66. The van der Waals surface area contributed by atoms with E-state index >= 15 is 0 Å². The van der Waals surface area contributed by atoms with Gasteiger partial charge in [-0.25, -0.2) is 0 Å². The Morgan fingerprint density at radius 2 is 1.66 bits per heavy atom. The van der Waals surface area contributed by atoms with Crippen LogP contribution in [0.4, 0.5) is 0 Å². The van der Waals surface area contributed by atoms with Crippen molar-refractivity contribution in [2.24, 2.45) is 0 Å². The predicted octanol–water partition coefficient (Wildman–Crippen LogP) is 3.49. The maximum atomic E-state index is 12.5. The van der Waals surface area contributed by atoms with Crippen LogP contribution in [0.5, 0.6) is 5.75 Å². The summed E-state index contributed by atoms with van der Waals surface area (Å²) < 4.78 is 5.65. The molecule has 154 valence electrons. The average Bonchev–Trinajstić information content (AvgIpc) is 2.74. The van der Waals surface area contributed by atoms with Gasteiger partial charge in [0, 0.05) is 38.2 Å². The van der Waals surface area contributed by atoms with Gasteiger partial charge in [0.25, 0.3) is 0 Å². The van der Waals surface area contributed by atoms with Gasteiger partial charge in [-0.1, -0.05) is 30.3 Å². The summed E-state index contributed by atoms with van der Waals surface area (Å²) >= 11 is 0. The predicted molar refractivity (Wildman–Crippen MR) is 114 cm³/mol. The number of amides is 1. The number of nitrogens with zero attached hydrogens (tertiary/aromatic N) is 2. The van der Waals surface area contributed by atoms with E-state index in [4.69, 9.17) is 4.74 Å². The van der Waals surface area contributed by atoms with E-state index in [-0.39, 0.29) is 11.7 Å². The van der Waals surface area contributed by atoms with Crippen molar-refractivity contribution in [3.8, 4) is 5.75 Å². The van der Waals surface area contributed by atoms with Gasteiger partial charge in [0.1, 0.15) is 5.75 Å². The molecule has 0 spiro atoms. The molecule has 5 heteroatoms. The van der Waals surface area contributed by atoms with Crippen LogP contribution >= 0.6 is 0 Å². The molecule has 0 aromatic heterocycles. The lowest BCUT2D eigenvalue weighted by Gasteiger charge is -2.34. The summed E-state index contributed by atoms with van der Waals surface area (Å²) in [6.45, 7) is 7.87. The van der Waals surface area contributed by atoms with E-state index < -0.39 is 0 Å². The summed E-state index contributed by atoms with van der Waals surface area (Å²) in [6.07, 6.45) is 1.20. The van der Waals surface area contributed by atoms with E-state index in [1.54, 1.807) is 0 Å². The quantitative estimate of drug-likeness (QED) is 0.508. The molecular weight excluding hydrogens is 364 g/mol. The molecule has 0 radical (unpaired) electrons. The lowest BCUT2D eigenvalue weighted by atomic mass is 10.0. The van der Waals surface area contributed by atoms with Gasteiger partial charge in [0.15, 0.2) is 5.78 Å². The third kappa shape index (κ3) is 6.16. The molecule has 3 rings (SSSR count). The van der Waals surface area contributed by atoms with Crippen LogP contribution in [0.3, 0.4) is 0 Å². The Morgan fingerprint density at radius 1 is 0.931 bits per heavy atom. The van der Waals surface area contributed by atoms with Crippen molar-refractivity contribution in [2.75, 3.05) is 39.3 Å². The van der Waals surface area contributed by atoms with Crippen LogP contribution in [0.2, 0.25) is 0 Å². The minimum atomic E-state index is 0.144. The zero-order chi connectivity index (χ0) is 20.6. The first-order valence-corrected chi connectivity index (χ1v) is 10.3. The van der Waals surface area contributed by atoms with E-state index in [1.807, 2.05) is 67.3 Å². The highest BCUT2D eigenvalue weighted by atomic mass is 16.5. The van der Waals surface area contributed by atoms with Crippen molar-refractivity contribution < 1.29 is 14.3 Å². The smallest absolute Gasteiger partial charge is 0.222 e. The van der Waals surface area contributed by atoms with E-state index in [9.17, 15) is 9.59 Å². The number of hydrogen-bond acceptors (Lipinski definition) is 4. The molecule has 0 aliphatic carbocycles. The first-order valence-electron chi connectivity index (χ1n) is 10.3. The van der Waals surface area contributed by atoms with Crippen molar-refractivity contribution in [2.45, 2.75) is 26.7 Å². The molecule has 1 amide bonds. The fraction of sp³-hybridized carbons (Fsp3) is 0.417. The van der Waals surface area contributed by atoms with Crippen molar-refractivity contribution in [3.05, 3.63) is 65.2 Å². The van der Waals surface area contributed by atoms with E-state index in [2.05, 4.69) is 4.90 Å². The van der Waals surface area contributed by atoms with Crippen molar-refractivity contribution in [1.29, 1.82) is 0 Å². The number of piperazine rings is 1. The SMILES string of the molecule is Cc1ccc(C(=O)CN2CCN(C(=O)CCCOc3ccccc3)CC2)cc1C. The second-order valence-electron chi connectivity index (χ2n) is 7.64. The first-order chi connectivity index (χ1) is 14.0. The van der Waals surface area contributed by atoms with Crippen LogP contribution in [0.1, 0.15) is 34.3 Å². The molecule has 2 aromatic rings. The minimum absolute atomic E-state index is 0.144. The highest BCUT2D eigenvalue weighted by Crippen LogP contribution is 2.13. The fourth-order valence-electron chi connectivity index (χ4n) is 3.45. The molecule has 1 saturated heterocycles. The molecule has 0 bridgehead atoms. The van der Waals surface area contributed by atoms with Gasteiger partial charge >= 0.3 is 0 Å². The van der Waals surface area contributed by atoms with Crippen LogP contribution < -0.4 is 4.74 Å². The van der Waals surface area contributed by atoms with Gasteiger partial charge in [0.2, 0.25) is 5.91 Å². The molecule has 1 heterocycles. The number of Topliss-reactive ketones (excluding diaryl/α,β-unsaturated/α-hetero) is 1. The van der Waals surface area contributed by atoms with Gasteiger partial charge in [-0.15, -0.1) is 0 Å². The molecule has 1 aliphatic rings. The average molecular weight is 395 g/mol. The number of hydrogen-bond donors (Lipinski definition) is 0. The van der Waals surface area contributed by atoms with Gasteiger partial charge in [-0.05, 0) is 49.6 Å². The van der Waals surface area contributed by atoms with Gasteiger partial charge in [-0.2, -0.15) is 0 Å². The molecule has 0 saturated carbocycles. The molecule has 1 fully saturated rings. The van der Waals surface area contributed by atoms with Gasteiger partial charge < -0.3 is 9.64 Å². The zero-order valence-electron chi connectivity index (χ0n) is 17.4. The van der Waals surface area contributed by atoms with Crippen LogP contribution in [0, 0.1) is 13.8 Å². The Labute approximate surface area is 173 Å². The summed E-state index contributed by atoms with van der Waals surface area (Å²) in [4.78, 5) is 29.0. The summed E-state index contributed by atoms with van der Waals surface area (Å²) in [5.41, 5.74) is 3.11. The monoisotopic (exact) mass is 394 g/mol. The molecule has 0 unspecified atom stereocenters. The summed E-state index contributed by atoms with van der Waals surface area (Å²) in [5, 5.41) is 0. The maximum absolute atomic E-state index is 12.5. The fourth-order valence-corrected chi connectivity index (χ4v) is 3.45. The Morgan fingerprint density at radius 3 is 2.34 bits per heavy atom. The second kappa shape index (κ2) is 10.2. The molecular formula is C24H30N2O3. The summed E-state index contributed by atoms with van der Waals surface area (Å²) in [7, 11) is 0. The third-order valence-electron chi connectivity index (χ3n) is 5.47. The number of rotatable bonds is 8. The van der Waals surface area contributed by atoms with E-state index in [0.29, 0.717) is 39.1 Å². The normalized spacial score (nSPS) is 14.6. The first kappa shape index (κ1) is 21.1. The molecule has 5 nitrogen and oxygen atoms in total. The molecule has 1 aliphatic heterocycles. The second-order valence-corrected chi connectivity index (χ2v) is 7.64. The van der Waals surface area contributed by atoms with Crippen molar-refractivity contribution in [3.63, 3.8) is 0 Å². The number of carbonyl (C=O) groups is 2. The number of ketones is 1. The number of benzene rings is 2. The van der Waals surface area contributed by atoms with Gasteiger partial charge in [0.05, 0.1) is 13.2 Å². The molecule has 2 aromatic carbocycles. The lowest BCUT2D eigenvalue weighted by molar-refractivity contribution is -0.133. The summed E-state index contributed by atoms with van der Waals surface area (Å²) in [6, 6.07) is 15.5. The summed E-state index contributed by atoms with van der Waals surface area (Å²) in [5.74, 6) is 1.15. The lowest BCUT2D eigenvalue weighted by Crippen LogP contribution is -2.49. The number of ether oxygens (including phenoxy) is 1. The maximum Gasteiger partial charge on any atom is 0.222 e. The minimum Gasteiger partial charge on any atom is -0.494 e. The third-order valence-corrected chi connectivity index (χ3v) is 5.47. The number of para-hydroxylation sites is 1. The van der Waals surface area contributed by atoms with Crippen LogP contribution in [0.25, 0.3) is 0 Å². The van der Waals surface area contributed by atoms with E-state index in [1.165, 1.54) is 5.56 Å².